The zero-order valence-corrected chi connectivity index (χ0v) is 8.86. The molecule has 0 aliphatic heterocycles. The topological polar surface area (TPSA) is 12.0 Å². The van der Waals surface area contributed by atoms with Crippen LogP contribution in [0.25, 0.3) is 0 Å². The molecular formula is C10H16F5N. The lowest BCUT2D eigenvalue weighted by Crippen LogP contribution is -2.33. The number of alkyl halides is 5. The van der Waals surface area contributed by atoms with Gasteiger partial charge in [0.05, 0.1) is 12.5 Å². The van der Waals surface area contributed by atoms with Gasteiger partial charge in [-0.25, -0.2) is 8.78 Å². The van der Waals surface area contributed by atoms with Crippen molar-refractivity contribution >= 4 is 0 Å². The van der Waals surface area contributed by atoms with E-state index >= 15 is 0 Å². The third-order valence-electron chi connectivity index (χ3n) is 3.04. The molecule has 0 spiro atoms. The average Bonchev–Trinajstić information content (AvgIpc) is 2.16. The van der Waals surface area contributed by atoms with Crippen molar-refractivity contribution in [2.24, 2.45) is 11.8 Å². The van der Waals surface area contributed by atoms with E-state index in [1.807, 2.05) is 0 Å². The SMILES string of the molecule is FC(F)CNCC1CCC(C(F)(F)F)CC1. The fourth-order valence-electron chi connectivity index (χ4n) is 2.09. The second-order valence-corrected chi connectivity index (χ2v) is 4.31. The second kappa shape index (κ2) is 5.80. The summed E-state index contributed by atoms with van der Waals surface area (Å²) in [6.45, 7) is 0.0219. The molecule has 0 aromatic rings. The summed E-state index contributed by atoms with van der Waals surface area (Å²) < 4.78 is 60.5. The lowest BCUT2D eigenvalue weighted by molar-refractivity contribution is -0.183. The average molecular weight is 245 g/mol. The minimum atomic E-state index is -4.10. The summed E-state index contributed by atoms with van der Waals surface area (Å²) in [5.41, 5.74) is 0. The van der Waals surface area contributed by atoms with Gasteiger partial charge < -0.3 is 5.32 Å². The maximum absolute atomic E-state index is 12.3. The summed E-state index contributed by atoms with van der Waals surface area (Å²) in [4.78, 5) is 0. The molecule has 0 unspecified atom stereocenters. The molecular weight excluding hydrogens is 229 g/mol. The van der Waals surface area contributed by atoms with Crippen LogP contribution in [-0.4, -0.2) is 25.7 Å². The van der Waals surface area contributed by atoms with Gasteiger partial charge in [0.25, 0.3) is 6.43 Å². The van der Waals surface area contributed by atoms with Crippen molar-refractivity contribution in [3.63, 3.8) is 0 Å². The van der Waals surface area contributed by atoms with E-state index in [0.717, 1.165) is 0 Å². The standard InChI is InChI=1S/C10H16F5N/c11-9(12)6-16-5-7-1-3-8(4-2-7)10(13,14)15/h7-9,16H,1-6H2. The van der Waals surface area contributed by atoms with Crippen molar-refractivity contribution in [1.82, 2.24) is 5.32 Å². The van der Waals surface area contributed by atoms with Crippen LogP contribution in [0.4, 0.5) is 22.0 Å². The highest BCUT2D eigenvalue weighted by Crippen LogP contribution is 2.39. The Morgan fingerprint density at radius 3 is 2.06 bits per heavy atom. The fraction of sp³-hybridized carbons (Fsp3) is 1.00. The predicted octanol–water partition coefficient (Wildman–Crippen LogP) is 3.21. The summed E-state index contributed by atoms with van der Waals surface area (Å²) in [5, 5.41) is 2.58. The third-order valence-corrected chi connectivity index (χ3v) is 3.04. The molecule has 1 aliphatic rings. The molecule has 1 fully saturated rings. The Hall–Kier alpha value is -0.390. The molecule has 0 aromatic heterocycles. The molecule has 0 radical (unpaired) electrons. The lowest BCUT2D eigenvalue weighted by Gasteiger charge is -2.29. The molecule has 1 saturated carbocycles. The molecule has 0 atom stereocenters. The number of nitrogens with one attached hydrogen (secondary N) is 1. The first-order chi connectivity index (χ1) is 7.39. The van der Waals surface area contributed by atoms with Gasteiger partial charge in [0, 0.05) is 0 Å². The zero-order chi connectivity index (χ0) is 12.2. The molecule has 1 N–H and O–H groups in total. The van der Waals surface area contributed by atoms with Gasteiger partial charge >= 0.3 is 6.18 Å². The highest BCUT2D eigenvalue weighted by Gasteiger charge is 2.41. The maximum atomic E-state index is 12.3. The summed E-state index contributed by atoms with van der Waals surface area (Å²) in [6, 6.07) is 0. The van der Waals surface area contributed by atoms with E-state index in [2.05, 4.69) is 5.32 Å². The smallest absolute Gasteiger partial charge is 0.311 e. The van der Waals surface area contributed by atoms with Gasteiger partial charge in [0.2, 0.25) is 0 Å². The normalized spacial score (nSPS) is 27.4. The Morgan fingerprint density at radius 1 is 1.06 bits per heavy atom. The Labute approximate surface area is 91.4 Å². The van der Waals surface area contributed by atoms with Gasteiger partial charge in [0.1, 0.15) is 0 Å². The fourth-order valence-corrected chi connectivity index (χ4v) is 2.09. The number of rotatable bonds is 4. The Balaban J connectivity index is 2.17. The van der Waals surface area contributed by atoms with Gasteiger partial charge in [-0.3, -0.25) is 0 Å². The van der Waals surface area contributed by atoms with Crippen LogP contribution in [-0.2, 0) is 0 Å². The summed E-state index contributed by atoms with van der Waals surface area (Å²) >= 11 is 0. The van der Waals surface area contributed by atoms with Crippen LogP contribution in [0.1, 0.15) is 25.7 Å². The van der Waals surface area contributed by atoms with Crippen LogP contribution in [0.5, 0.6) is 0 Å². The van der Waals surface area contributed by atoms with E-state index in [-0.39, 0.29) is 25.3 Å². The Bertz CT molecular complexity index is 196. The quantitative estimate of drug-likeness (QED) is 0.750. The monoisotopic (exact) mass is 245 g/mol. The molecule has 6 heteroatoms. The minimum absolute atomic E-state index is 0.109. The van der Waals surface area contributed by atoms with E-state index in [0.29, 0.717) is 19.4 Å². The molecule has 0 bridgehead atoms. The predicted molar refractivity (Wildman–Crippen MR) is 50.4 cm³/mol. The minimum Gasteiger partial charge on any atom is -0.311 e. The largest absolute Gasteiger partial charge is 0.391 e. The van der Waals surface area contributed by atoms with Gasteiger partial charge in [0.15, 0.2) is 0 Å². The van der Waals surface area contributed by atoms with E-state index < -0.39 is 18.5 Å². The van der Waals surface area contributed by atoms with Crippen molar-refractivity contribution < 1.29 is 22.0 Å². The molecule has 96 valence electrons. The molecule has 1 rings (SSSR count). The van der Waals surface area contributed by atoms with E-state index in [4.69, 9.17) is 0 Å². The maximum Gasteiger partial charge on any atom is 0.391 e. The highest BCUT2D eigenvalue weighted by molar-refractivity contribution is 4.78. The van der Waals surface area contributed by atoms with E-state index in [1.54, 1.807) is 0 Å². The van der Waals surface area contributed by atoms with E-state index in [1.165, 1.54) is 0 Å². The Morgan fingerprint density at radius 2 is 1.62 bits per heavy atom. The van der Waals surface area contributed by atoms with Gasteiger partial charge in [-0.15, -0.1) is 0 Å². The van der Waals surface area contributed by atoms with Gasteiger partial charge in [-0.05, 0) is 38.1 Å². The molecule has 1 nitrogen and oxygen atoms in total. The first kappa shape index (κ1) is 13.7. The second-order valence-electron chi connectivity index (χ2n) is 4.31. The zero-order valence-electron chi connectivity index (χ0n) is 8.86. The van der Waals surface area contributed by atoms with Crippen LogP contribution < -0.4 is 5.32 Å². The van der Waals surface area contributed by atoms with E-state index in [9.17, 15) is 22.0 Å². The summed E-state index contributed by atoms with van der Waals surface area (Å²) in [7, 11) is 0. The van der Waals surface area contributed by atoms with Crippen LogP contribution in [0, 0.1) is 11.8 Å². The third kappa shape index (κ3) is 4.63. The van der Waals surface area contributed by atoms with Crippen LogP contribution in [0.3, 0.4) is 0 Å². The molecule has 0 amide bonds. The molecule has 16 heavy (non-hydrogen) atoms. The van der Waals surface area contributed by atoms with Gasteiger partial charge in [-0.1, -0.05) is 0 Å². The first-order valence-corrected chi connectivity index (χ1v) is 5.45. The van der Waals surface area contributed by atoms with Crippen LogP contribution in [0.2, 0.25) is 0 Å². The van der Waals surface area contributed by atoms with Gasteiger partial charge in [-0.2, -0.15) is 13.2 Å². The number of halogens is 5. The first-order valence-electron chi connectivity index (χ1n) is 5.45. The number of hydrogen-bond donors (Lipinski definition) is 1. The van der Waals surface area contributed by atoms with Crippen molar-refractivity contribution in [3.05, 3.63) is 0 Å². The molecule has 0 aromatic carbocycles. The van der Waals surface area contributed by atoms with Crippen molar-refractivity contribution in [1.29, 1.82) is 0 Å². The summed E-state index contributed by atoms with van der Waals surface area (Å²) in [5.74, 6) is -1.09. The molecule has 1 aliphatic carbocycles. The molecule has 0 heterocycles. The van der Waals surface area contributed by atoms with Crippen molar-refractivity contribution in [2.75, 3.05) is 13.1 Å². The highest BCUT2D eigenvalue weighted by atomic mass is 19.4. The van der Waals surface area contributed by atoms with Crippen molar-refractivity contribution in [2.45, 2.75) is 38.3 Å². The molecule has 0 saturated heterocycles. The Kier molecular flexibility index (Phi) is 4.95. The van der Waals surface area contributed by atoms with Crippen molar-refractivity contribution in [3.8, 4) is 0 Å². The van der Waals surface area contributed by atoms with Crippen LogP contribution in [0.15, 0.2) is 0 Å². The lowest BCUT2D eigenvalue weighted by atomic mass is 9.81. The number of hydrogen-bond acceptors (Lipinski definition) is 1. The van der Waals surface area contributed by atoms with Crippen LogP contribution >= 0.6 is 0 Å². The summed E-state index contributed by atoms with van der Waals surface area (Å²) in [6.07, 6.45) is -5.29.